The number of carbonyl (C=O) groups is 1. The second kappa shape index (κ2) is 4.18. The van der Waals surface area contributed by atoms with Gasteiger partial charge in [-0.15, -0.1) is 0 Å². The quantitative estimate of drug-likeness (QED) is 0.535. The summed E-state index contributed by atoms with van der Waals surface area (Å²) < 4.78 is 8.95. The highest BCUT2D eigenvalue weighted by molar-refractivity contribution is 5.59. The molecule has 0 rings (SSSR count). The minimum Gasteiger partial charge on any atom is -0.438 e. The van der Waals surface area contributed by atoms with Crippen LogP contribution >= 0.6 is 0 Å². The normalized spacial score (nSPS) is 12.3. The maximum absolute atomic E-state index is 10.3. The van der Waals surface area contributed by atoms with Gasteiger partial charge in [-0.3, -0.25) is 0 Å². The lowest BCUT2D eigenvalue weighted by Crippen LogP contribution is -2.13. The van der Waals surface area contributed by atoms with Crippen LogP contribution in [0, 0.1) is 0 Å². The average molecular weight is 132 g/mol. The second-order valence-corrected chi connectivity index (χ2v) is 1.79. The predicted molar refractivity (Wildman–Crippen MR) is 33.2 cm³/mol. The van der Waals surface area contributed by atoms with Crippen molar-refractivity contribution in [1.82, 2.24) is 0 Å². The molecule has 0 aromatic carbocycles. The molecule has 1 unspecified atom stereocenters. The number of hydrogen-bond donors (Lipinski definition) is 0. The second-order valence-electron chi connectivity index (χ2n) is 1.79. The van der Waals surface area contributed by atoms with E-state index in [4.69, 9.17) is 0 Å². The van der Waals surface area contributed by atoms with Crippen LogP contribution in [0.25, 0.3) is 0 Å². The van der Waals surface area contributed by atoms with Crippen LogP contribution in [0.2, 0.25) is 0 Å². The molecular formula is C6H12O3. The van der Waals surface area contributed by atoms with E-state index in [-0.39, 0.29) is 6.10 Å². The van der Waals surface area contributed by atoms with Crippen molar-refractivity contribution in [3.8, 4) is 0 Å². The van der Waals surface area contributed by atoms with E-state index in [1.807, 2.05) is 13.8 Å². The lowest BCUT2D eigenvalue weighted by molar-refractivity contribution is 0.0423. The van der Waals surface area contributed by atoms with Crippen LogP contribution in [0.5, 0.6) is 0 Å². The molecule has 0 aliphatic heterocycles. The van der Waals surface area contributed by atoms with E-state index < -0.39 is 6.16 Å². The van der Waals surface area contributed by atoms with Crippen LogP contribution in [-0.4, -0.2) is 19.4 Å². The third-order valence-corrected chi connectivity index (χ3v) is 1.04. The highest BCUT2D eigenvalue weighted by Gasteiger charge is 2.04. The minimum absolute atomic E-state index is 0.0440. The first-order valence-corrected chi connectivity index (χ1v) is 2.95. The van der Waals surface area contributed by atoms with Gasteiger partial charge < -0.3 is 9.47 Å². The lowest BCUT2D eigenvalue weighted by Gasteiger charge is -2.07. The van der Waals surface area contributed by atoms with E-state index in [1.165, 1.54) is 7.11 Å². The Morgan fingerprint density at radius 3 is 2.56 bits per heavy atom. The molecule has 0 amide bonds. The number of rotatable bonds is 2. The Labute approximate surface area is 55.0 Å². The molecule has 0 aromatic rings. The van der Waals surface area contributed by atoms with Gasteiger partial charge in [-0.25, -0.2) is 4.79 Å². The van der Waals surface area contributed by atoms with Crippen LogP contribution in [0.4, 0.5) is 4.79 Å². The van der Waals surface area contributed by atoms with E-state index in [1.54, 1.807) is 0 Å². The van der Waals surface area contributed by atoms with Gasteiger partial charge in [-0.2, -0.15) is 0 Å². The molecule has 3 nitrogen and oxygen atoms in total. The average Bonchev–Trinajstić information content (AvgIpc) is 1.87. The van der Waals surface area contributed by atoms with Gasteiger partial charge in [-0.05, 0) is 13.3 Å². The number of hydrogen-bond acceptors (Lipinski definition) is 3. The van der Waals surface area contributed by atoms with Gasteiger partial charge in [0, 0.05) is 0 Å². The lowest BCUT2D eigenvalue weighted by atomic mass is 10.3. The zero-order valence-corrected chi connectivity index (χ0v) is 6.01. The van der Waals surface area contributed by atoms with E-state index in [0.717, 1.165) is 6.42 Å². The molecule has 1 atom stereocenters. The van der Waals surface area contributed by atoms with Gasteiger partial charge in [-0.1, -0.05) is 6.92 Å². The smallest absolute Gasteiger partial charge is 0.438 e. The highest BCUT2D eigenvalue weighted by atomic mass is 16.7. The fraction of sp³-hybridized carbons (Fsp3) is 0.833. The van der Waals surface area contributed by atoms with E-state index >= 15 is 0 Å². The first kappa shape index (κ1) is 8.27. The summed E-state index contributed by atoms with van der Waals surface area (Å²) in [6.45, 7) is 3.75. The van der Waals surface area contributed by atoms with Crippen LogP contribution in [0.15, 0.2) is 0 Å². The molecule has 9 heavy (non-hydrogen) atoms. The van der Waals surface area contributed by atoms with Crippen molar-refractivity contribution in [2.75, 3.05) is 7.11 Å². The largest absolute Gasteiger partial charge is 0.508 e. The zero-order valence-electron chi connectivity index (χ0n) is 6.01. The van der Waals surface area contributed by atoms with Crippen LogP contribution in [0.1, 0.15) is 20.3 Å². The van der Waals surface area contributed by atoms with Crippen molar-refractivity contribution < 1.29 is 14.3 Å². The Bertz CT molecular complexity index is 90.3. The third-order valence-electron chi connectivity index (χ3n) is 1.04. The van der Waals surface area contributed by atoms with Gasteiger partial charge in [0.1, 0.15) is 6.10 Å². The molecule has 0 spiro atoms. The molecule has 0 fully saturated rings. The third kappa shape index (κ3) is 3.82. The SMILES string of the molecule is CCC(C)OC(=O)OC. The van der Waals surface area contributed by atoms with E-state index in [0.29, 0.717) is 0 Å². The first-order chi connectivity index (χ1) is 4.20. The van der Waals surface area contributed by atoms with Gasteiger partial charge in [0.25, 0.3) is 0 Å². The number of methoxy groups -OCH3 is 1. The summed E-state index contributed by atoms with van der Waals surface area (Å²) in [6.07, 6.45) is 0.163. The molecule has 0 radical (unpaired) electrons. The summed E-state index contributed by atoms with van der Waals surface area (Å²) in [7, 11) is 1.30. The minimum atomic E-state index is -0.607. The molecule has 0 N–H and O–H groups in total. The molecule has 54 valence electrons. The Kier molecular flexibility index (Phi) is 3.84. The van der Waals surface area contributed by atoms with Gasteiger partial charge >= 0.3 is 6.16 Å². The van der Waals surface area contributed by atoms with Crippen molar-refractivity contribution in [3.63, 3.8) is 0 Å². The molecule has 0 aliphatic carbocycles. The maximum atomic E-state index is 10.3. The van der Waals surface area contributed by atoms with Gasteiger partial charge in [0.05, 0.1) is 7.11 Å². The monoisotopic (exact) mass is 132 g/mol. The van der Waals surface area contributed by atoms with Gasteiger partial charge in [0.15, 0.2) is 0 Å². The molecule has 0 heterocycles. The van der Waals surface area contributed by atoms with Crippen LogP contribution in [0.3, 0.4) is 0 Å². The van der Waals surface area contributed by atoms with Crippen LogP contribution < -0.4 is 0 Å². The van der Waals surface area contributed by atoms with Gasteiger partial charge in [0.2, 0.25) is 0 Å². The highest BCUT2D eigenvalue weighted by Crippen LogP contribution is 1.96. The van der Waals surface area contributed by atoms with E-state index in [9.17, 15) is 4.79 Å². The molecule has 0 saturated carbocycles. The fourth-order valence-electron chi connectivity index (χ4n) is 0.296. The molecule has 3 heteroatoms. The van der Waals surface area contributed by atoms with Crippen molar-refractivity contribution in [3.05, 3.63) is 0 Å². The molecule has 0 aliphatic rings. The van der Waals surface area contributed by atoms with Crippen molar-refractivity contribution in [2.24, 2.45) is 0 Å². The summed E-state index contributed by atoms with van der Waals surface area (Å²) in [6, 6.07) is 0. The summed E-state index contributed by atoms with van der Waals surface area (Å²) in [5.41, 5.74) is 0. The Morgan fingerprint density at radius 2 is 2.22 bits per heavy atom. The number of carbonyl (C=O) groups excluding carboxylic acids is 1. The molecule has 0 bridgehead atoms. The van der Waals surface area contributed by atoms with Crippen molar-refractivity contribution in [2.45, 2.75) is 26.4 Å². The zero-order chi connectivity index (χ0) is 7.28. The standard InChI is InChI=1S/C6H12O3/c1-4-5(2)9-6(7)8-3/h5H,4H2,1-3H3. The topological polar surface area (TPSA) is 35.5 Å². The summed E-state index contributed by atoms with van der Waals surface area (Å²) in [5.74, 6) is 0. The predicted octanol–water partition coefficient (Wildman–Crippen LogP) is 1.57. The van der Waals surface area contributed by atoms with Crippen molar-refractivity contribution in [1.29, 1.82) is 0 Å². The maximum Gasteiger partial charge on any atom is 0.508 e. The molecular weight excluding hydrogens is 120 g/mol. The number of ether oxygens (including phenoxy) is 2. The fourth-order valence-corrected chi connectivity index (χ4v) is 0.296. The first-order valence-electron chi connectivity index (χ1n) is 2.95. The molecule has 0 aromatic heterocycles. The van der Waals surface area contributed by atoms with E-state index in [2.05, 4.69) is 9.47 Å². The Hall–Kier alpha value is -0.730. The molecule has 0 saturated heterocycles. The van der Waals surface area contributed by atoms with Crippen molar-refractivity contribution >= 4 is 6.16 Å². The summed E-state index contributed by atoms with van der Waals surface area (Å²) in [4.78, 5) is 10.3. The summed E-state index contributed by atoms with van der Waals surface area (Å²) in [5, 5.41) is 0. The Morgan fingerprint density at radius 1 is 1.67 bits per heavy atom. The Balaban J connectivity index is 3.34. The summed E-state index contributed by atoms with van der Waals surface area (Å²) >= 11 is 0. The van der Waals surface area contributed by atoms with Crippen LogP contribution in [-0.2, 0) is 9.47 Å².